The van der Waals surface area contributed by atoms with Crippen molar-refractivity contribution in [2.24, 2.45) is 0 Å². The van der Waals surface area contributed by atoms with E-state index in [4.69, 9.17) is 4.42 Å². The first-order valence-electron chi connectivity index (χ1n) is 8.69. The van der Waals surface area contributed by atoms with Crippen molar-refractivity contribution in [2.75, 3.05) is 13.1 Å². The quantitative estimate of drug-likeness (QED) is 0.718. The van der Waals surface area contributed by atoms with E-state index in [-0.39, 0.29) is 11.9 Å². The Balaban J connectivity index is 1.67. The van der Waals surface area contributed by atoms with Gasteiger partial charge in [0, 0.05) is 24.0 Å². The van der Waals surface area contributed by atoms with Gasteiger partial charge in [-0.15, -0.1) is 0 Å². The molecular weight excluding hydrogens is 316 g/mol. The third-order valence-corrected chi connectivity index (χ3v) is 5.17. The summed E-state index contributed by atoms with van der Waals surface area (Å²) in [7, 11) is 0. The molecule has 0 bridgehead atoms. The molecule has 6 heteroatoms. The molecule has 1 aromatic carbocycles. The number of likely N-dealkylation sites (tertiary alicyclic amines) is 1. The fraction of sp³-hybridized carbons (Fsp3) is 0.421. The Bertz CT molecular complexity index is 927. The Morgan fingerprint density at radius 1 is 1.24 bits per heavy atom. The lowest BCUT2D eigenvalue weighted by molar-refractivity contribution is 0.0642. The number of aryl methyl sites for hydroxylation is 3. The maximum Gasteiger partial charge on any atom is 0.289 e. The number of amides is 1. The molecule has 1 aliphatic rings. The first kappa shape index (κ1) is 15.9. The van der Waals surface area contributed by atoms with E-state index < -0.39 is 0 Å². The minimum Gasteiger partial charge on any atom is -0.450 e. The van der Waals surface area contributed by atoms with Crippen molar-refractivity contribution in [3.63, 3.8) is 0 Å². The Morgan fingerprint density at radius 2 is 2.04 bits per heavy atom. The van der Waals surface area contributed by atoms with Crippen LogP contribution in [0.2, 0.25) is 0 Å². The molecule has 2 aromatic heterocycles. The largest absolute Gasteiger partial charge is 0.450 e. The Hall–Kier alpha value is -2.63. The predicted octanol–water partition coefficient (Wildman–Crippen LogP) is 3.43. The number of piperidine rings is 1. The van der Waals surface area contributed by atoms with Crippen molar-refractivity contribution in [3.8, 4) is 0 Å². The van der Waals surface area contributed by atoms with Crippen LogP contribution in [0, 0.1) is 20.8 Å². The molecule has 25 heavy (non-hydrogen) atoms. The second-order valence-corrected chi connectivity index (χ2v) is 6.88. The van der Waals surface area contributed by atoms with Gasteiger partial charge in [0.25, 0.3) is 5.91 Å². The van der Waals surface area contributed by atoms with Crippen LogP contribution >= 0.6 is 0 Å². The van der Waals surface area contributed by atoms with Crippen LogP contribution in [0.5, 0.6) is 0 Å². The fourth-order valence-electron chi connectivity index (χ4n) is 3.78. The number of nitrogens with zero attached hydrogens (tertiary/aromatic N) is 4. The lowest BCUT2D eigenvalue weighted by Gasteiger charge is -2.32. The van der Waals surface area contributed by atoms with E-state index >= 15 is 0 Å². The number of fused-ring (bicyclic) bond motifs is 1. The molecule has 0 saturated carbocycles. The Kier molecular flexibility index (Phi) is 3.82. The Morgan fingerprint density at radius 3 is 2.76 bits per heavy atom. The predicted molar refractivity (Wildman–Crippen MR) is 94.6 cm³/mol. The van der Waals surface area contributed by atoms with E-state index in [1.807, 2.05) is 29.5 Å². The van der Waals surface area contributed by atoms with Crippen LogP contribution in [0.3, 0.4) is 0 Å². The highest BCUT2D eigenvalue weighted by Gasteiger charge is 2.29. The summed E-state index contributed by atoms with van der Waals surface area (Å²) in [5, 5.41) is 5.29. The molecule has 1 aliphatic heterocycles. The lowest BCUT2D eigenvalue weighted by Crippen LogP contribution is -2.40. The van der Waals surface area contributed by atoms with E-state index in [0.717, 1.165) is 47.0 Å². The molecule has 0 radical (unpaired) electrons. The number of hydrogen-bond donors (Lipinski definition) is 0. The maximum atomic E-state index is 13.1. The zero-order valence-electron chi connectivity index (χ0n) is 14.8. The van der Waals surface area contributed by atoms with Gasteiger partial charge < -0.3 is 9.32 Å². The molecule has 6 nitrogen and oxygen atoms in total. The van der Waals surface area contributed by atoms with Crippen molar-refractivity contribution in [1.29, 1.82) is 0 Å². The Labute approximate surface area is 146 Å². The fourth-order valence-corrected chi connectivity index (χ4v) is 3.78. The summed E-state index contributed by atoms with van der Waals surface area (Å²) in [4.78, 5) is 19.0. The average Bonchev–Trinajstić information content (AvgIpc) is 3.27. The summed E-state index contributed by atoms with van der Waals surface area (Å²) in [6.07, 6.45) is 5.21. The number of hydrogen-bond acceptors (Lipinski definition) is 4. The van der Waals surface area contributed by atoms with E-state index in [1.165, 1.54) is 6.33 Å². The summed E-state index contributed by atoms with van der Waals surface area (Å²) < 4.78 is 7.87. The van der Waals surface area contributed by atoms with Crippen LogP contribution in [-0.4, -0.2) is 38.7 Å². The van der Waals surface area contributed by atoms with Crippen molar-refractivity contribution >= 4 is 16.9 Å². The van der Waals surface area contributed by atoms with Crippen LogP contribution in [0.15, 0.2) is 29.2 Å². The normalized spacial score (nSPS) is 18.0. The van der Waals surface area contributed by atoms with Gasteiger partial charge in [-0.3, -0.25) is 4.79 Å². The van der Waals surface area contributed by atoms with Gasteiger partial charge in [0.1, 0.15) is 18.2 Å². The standard InChI is InChI=1S/C19H22N4O2/c1-12-6-7-13(2)17-16(12)14(3)18(25-17)19(24)22-8-4-5-15(9-22)23-11-20-10-21-23/h6-7,10-11,15H,4-5,8-9H2,1-3H3/t15-/m0/s1. The molecule has 1 fully saturated rings. The molecule has 1 amide bonds. The van der Waals surface area contributed by atoms with Gasteiger partial charge in [0.15, 0.2) is 5.76 Å². The number of carbonyl (C=O) groups excluding carboxylic acids is 1. The summed E-state index contributed by atoms with van der Waals surface area (Å²) in [6.45, 7) is 7.43. The van der Waals surface area contributed by atoms with E-state index in [9.17, 15) is 4.79 Å². The molecule has 3 aromatic rings. The van der Waals surface area contributed by atoms with Crippen LogP contribution in [0.1, 0.15) is 46.1 Å². The van der Waals surface area contributed by atoms with Crippen LogP contribution in [0.4, 0.5) is 0 Å². The molecule has 0 N–H and O–H groups in total. The zero-order valence-corrected chi connectivity index (χ0v) is 14.8. The van der Waals surface area contributed by atoms with Gasteiger partial charge in [-0.2, -0.15) is 5.10 Å². The molecule has 4 rings (SSSR count). The third-order valence-electron chi connectivity index (χ3n) is 5.17. The first-order chi connectivity index (χ1) is 12.1. The minimum absolute atomic E-state index is 0.0303. The monoisotopic (exact) mass is 338 g/mol. The van der Waals surface area contributed by atoms with Crippen LogP contribution in [0.25, 0.3) is 11.0 Å². The first-order valence-corrected chi connectivity index (χ1v) is 8.69. The average molecular weight is 338 g/mol. The van der Waals surface area contributed by atoms with E-state index in [1.54, 1.807) is 6.33 Å². The molecule has 0 unspecified atom stereocenters. The van der Waals surface area contributed by atoms with Gasteiger partial charge in [-0.1, -0.05) is 12.1 Å². The minimum atomic E-state index is -0.0303. The van der Waals surface area contributed by atoms with E-state index in [2.05, 4.69) is 23.1 Å². The van der Waals surface area contributed by atoms with Crippen LogP contribution in [-0.2, 0) is 0 Å². The van der Waals surface area contributed by atoms with Gasteiger partial charge in [0.2, 0.25) is 0 Å². The highest BCUT2D eigenvalue weighted by molar-refractivity contribution is 6.00. The second kappa shape index (κ2) is 6.02. The van der Waals surface area contributed by atoms with Crippen molar-refractivity contribution < 1.29 is 9.21 Å². The highest BCUT2D eigenvalue weighted by atomic mass is 16.3. The number of carbonyl (C=O) groups is 1. The number of benzene rings is 1. The summed E-state index contributed by atoms with van der Waals surface area (Å²) >= 11 is 0. The third kappa shape index (κ3) is 2.62. The highest BCUT2D eigenvalue weighted by Crippen LogP contribution is 2.32. The maximum absolute atomic E-state index is 13.1. The molecule has 1 atom stereocenters. The summed E-state index contributed by atoms with van der Waals surface area (Å²) in [5.74, 6) is 0.434. The van der Waals surface area contributed by atoms with Gasteiger partial charge in [0.05, 0.1) is 6.04 Å². The summed E-state index contributed by atoms with van der Waals surface area (Å²) in [6, 6.07) is 4.29. The molecule has 130 valence electrons. The number of furan rings is 1. The van der Waals surface area contributed by atoms with Crippen molar-refractivity contribution in [1.82, 2.24) is 19.7 Å². The van der Waals surface area contributed by atoms with Gasteiger partial charge in [-0.05, 0) is 44.7 Å². The van der Waals surface area contributed by atoms with Crippen molar-refractivity contribution in [2.45, 2.75) is 39.7 Å². The smallest absolute Gasteiger partial charge is 0.289 e. The zero-order chi connectivity index (χ0) is 17.6. The van der Waals surface area contributed by atoms with Gasteiger partial charge in [-0.25, -0.2) is 9.67 Å². The molecule has 3 heterocycles. The van der Waals surface area contributed by atoms with Crippen molar-refractivity contribution in [3.05, 3.63) is 47.2 Å². The summed E-state index contributed by atoms with van der Waals surface area (Å²) in [5.41, 5.74) is 3.96. The van der Waals surface area contributed by atoms with Crippen LogP contribution < -0.4 is 0 Å². The molecule has 0 aliphatic carbocycles. The van der Waals surface area contributed by atoms with Gasteiger partial charge >= 0.3 is 0 Å². The molecular formula is C19H22N4O2. The second-order valence-electron chi connectivity index (χ2n) is 6.88. The number of aromatic nitrogens is 3. The molecule has 1 saturated heterocycles. The van der Waals surface area contributed by atoms with E-state index in [0.29, 0.717) is 12.3 Å². The molecule has 0 spiro atoms. The topological polar surface area (TPSA) is 64.2 Å². The lowest BCUT2D eigenvalue weighted by atomic mass is 10.0. The number of rotatable bonds is 2. The SMILES string of the molecule is Cc1ccc(C)c2c(C)c(C(=O)N3CCC[C@H](n4cncn4)C3)oc12.